The van der Waals surface area contributed by atoms with Crippen molar-refractivity contribution in [3.63, 3.8) is 0 Å². The monoisotopic (exact) mass is 403 g/mol. The summed E-state index contributed by atoms with van der Waals surface area (Å²) in [6.07, 6.45) is 1.81. The Morgan fingerprint density at radius 1 is 1.07 bits per heavy atom. The van der Waals surface area contributed by atoms with Crippen LogP contribution in [0.5, 0.6) is 5.75 Å². The van der Waals surface area contributed by atoms with Crippen molar-refractivity contribution in [1.29, 1.82) is 0 Å². The molecule has 1 amide bonds. The number of para-hydroxylation sites is 2. The summed E-state index contributed by atoms with van der Waals surface area (Å²) in [5.41, 5.74) is 1.29. The highest BCUT2D eigenvalue weighted by molar-refractivity contribution is 7.89. The zero-order valence-electron chi connectivity index (χ0n) is 15.8. The van der Waals surface area contributed by atoms with E-state index < -0.39 is 10.0 Å². The van der Waals surface area contributed by atoms with Crippen LogP contribution in [0.3, 0.4) is 0 Å². The molecule has 1 heterocycles. The fourth-order valence-corrected chi connectivity index (χ4v) is 4.57. The molecule has 0 bridgehead atoms. The first-order valence-electron chi connectivity index (χ1n) is 9.36. The van der Waals surface area contributed by atoms with E-state index in [0.29, 0.717) is 36.8 Å². The molecule has 1 fully saturated rings. The van der Waals surface area contributed by atoms with Crippen molar-refractivity contribution < 1.29 is 17.9 Å². The van der Waals surface area contributed by atoms with Crippen molar-refractivity contribution in [3.8, 4) is 5.75 Å². The lowest BCUT2D eigenvalue weighted by Gasteiger charge is -2.16. The lowest BCUT2D eigenvalue weighted by Crippen LogP contribution is -2.27. The van der Waals surface area contributed by atoms with Crippen molar-refractivity contribution >= 4 is 27.3 Å². The number of ether oxygens (including phenoxy) is 1. The molecule has 0 aliphatic carbocycles. The van der Waals surface area contributed by atoms with E-state index in [1.54, 1.807) is 36.4 Å². The molecule has 0 saturated carbocycles. The molecule has 0 unspecified atom stereocenters. The van der Waals surface area contributed by atoms with Gasteiger partial charge in [0.05, 0.1) is 23.7 Å². The van der Waals surface area contributed by atoms with Crippen molar-refractivity contribution in [2.75, 3.05) is 36.9 Å². The summed E-state index contributed by atoms with van der Waals surface area (Å²) in [5, 5.41) is 5.81. The molecule has 28 heavy (non-hydrogen) atoms. The largest absolute Gasteiger partial charge is 0.492 e. The van der Waals surface area contributed by atoms with Crippen LogP contribution in [-0.2, 0) is 14.8 Å². The third-order valence-electron chi connectivity index (χ3n) is 4.47. The summed E-state index contributed by atoms with van der Waals surface area (Å²) in [6, 6.07) is 13.7. The summed E-state index contributed by atoms with van der Waals surface area (Å²) in [4.78, 5) is 12.5. The molecular weight excluding hydrogens is 378 g/mol. The highest BCUT2D eigenvalue weighted by atomic mass is 32.2. The maximum atomic E-state index is 12.5. The van der Waals surface area contributed by atoms with Crippen LogP contribution in [0.15, 0.2) is 53.4 Å². The molecule has 7 nitrogen and oxygen atoms in total. The van der Waals surface area contributed by atoms with Gasteiger partial charge in [-0.3, -0.25) is 4.79 Å². The number of anilines is 2. The molecule has 150 valence electrons. The average molecular weight is 404 g/mol. The second kappa shape index (κ2) is 9.07. The number of benzene rings is 2. The van der Waals surface area contributed by atoms with Crippen LogP contribution < -0.4 is 15.4 Å². The molecule has 3 rings (SSSR count). The van der Waals surface area contributed by atoms with Crippen LogP contribution in [-0.4, -0.2) is 44.9 Å². The minimum Gasteiger partial charge on any atom is -0.492 e. The Morgan fingerprint density at radius 3 is 2.43 bits per heavy atom. The lowest BCUT2D eigenvalue weighted by atomic mass is 10.3. The number of hydrogen-bond acceptors (Lipinski definition) is 5. The molecule has 1 saturated heterocycles. The summed E-state index contributed by atoms with van der Waals surface area (Å²) < 4.78 is 32.1. The third kappa shape index (κ3) is 4.82. The van der Waals surface area contributed by atoms with E-state index in [1.165, 1.54) is 4.31 Å². The number of hydrogen-bond donors (Lipinski definition) is 2. The van der Waals surface area contributed by atoms with Gasteiger partial charge in [0.15, 0.2) is 0 Å². The van der Waals surface area contributed by atoms with Gasteiger partial charge < -0.3 is 15.4 Å². The van der Waals surface area contributed by atoms with Gasteiger partial charge in [-0.2, -0.15) is 4.31 Å². The van der Waals surface area contributed by atoms with Crippen LogP contribution >= 0.6 is 0 Å². The number of sulfonamides is 1. The fraction of sp³-hybridized carbons (Fsp3) is 0.350. The van der Waals surface area contributed by atoms with E-state index in [-0.39, 0.29) is 17.3 Å². The number of rotatable bonds is 8. The molecule has 0 radical (unpaired) electrons. The standard InChI is InChI=1S/C20H25N3O4S/c1-2-27-19-8-4-3-7-18(19)22-20(24)15-21-16-9-11-17(12-10-16)28(25,26)23-13-5-6-14-23/h3-4,7-12,21H,2,5-6,13-15H2,1H3,(H,22,24). The van der Waals surface area contributed by atoms with Crippen molar-refractivity contribution in [2.45, 2.75) is 24.7 Å². The minimum absolute atomic E-state index is 0.0542. The normalized spacial score (nSPS) is 14.6. The second-order valence-electron chi connectivity index (χ2n) is 6.47. The Balaban J connectivity index is 1.57. The van der Waals surface area contributed by atoms with E-state index in [4.69, 9.17) is 4.74 Å². The SMILES string of the molecule is CCOc1ccccc1NC(=O)CNc1ccc(S(=O)(=O)N2CCCC2)cc1. The van der Waals surface area contributed by atoms with Crippen molar-refractivity contribution in [3.05, 3.63) is 48.5 Å². The van der Waals surface area contributed by atoms with E-state index in [0.717, 1.165) is 12.8 Å². The molecule has 2 aromatic carbocycles. The number of amides is 1. The molecule has 1 aliphatic rings. The molecule has 1 aliphatic heterocycles. The summed E-state index contributed by atoms with van der Waals surface area (Å²) in [5.74, 6) is 0.399. The Bertz CT molecular complexity index is 907. The zero-order valence-corrected chi connectivity index (χ0v) is 16.7. The number of nitrogens with one attached hydrogen (secondary N) is 2. The van der Waals surface area contributed by atoms with E-state index >= 15 is 0 Å². The van der Waals surface area contributed by atoms with E-state index in [9.17, 15) is 13.2 Å². The summed E-state index contributed by atoms with van der Waals surface area (Å²) in [7, 11) is -3.43. The highest BCUT2D eigenvalue weighted by Crippen LogP contribution is 2.24. The molecule has 0 atom stereocenters. The predicted octanol–water partition coefficient (Wildman–Crippen LogP) is 2.92. The summed E-state index contributed by atoms with van der Waals surface area (Å²) >= 11 is 0. The minimum atomic E-state index is -3.43. The van der Waals surface area contributed by atoms with Crippen LogP contribution in [0.2, 0.25) is 0 Å². The molecule has 2 aromatic rings. The average Bonchev–Trinajstić information content (AvgIpc) is 3.24. The topological polar surface area (TPSA) is 87.7 Å². The van der Waals surface area contributed by atoms with Gasteiger partial charge in [-0.05, 0) is 56.2 Å². The Labute approximate surface area is 165 Å². The maximum Gasteiger partial charge on any atom is 0.243 e. The Hall–Kier alpha value is -2.58. The van der Waals surface area contributed by atoms with Crippen LogP contribution in [0.1, 0.15) is 19.8 Å². The highest BCUT2D eigenvalue weighted by Gasteiger charge is 2.26. The van der Waals surface area contributed by atoms with E-state index in [2.05, 4.69) is 10.6 Å². The van der Waals surface area contributed by atoms with Gasteiger partial charge in [-0.25, -0.2) is 8.42 Å². The molecule has 0 aromatic heterocycles. The number of carbonyl (C=O) groups is 1. The predicted molar refractivity (Wildman–Crippen MR) is 109 cm³/mol. The summed E-state index contributed by atoms with van der Waals surface area (Å²) in [6.45, 7) is 3.60. The van der Waals surface area contributed by atoms with Crippen LogP contribution in [0.4, 0.5) is 11.4 Å². The Kier molecular flexibility index (Phi) is 6.53. The first-order chi connectivity index (χ1) is 13.5. The van der Waals surface area contributed by atoms with Crippen LogP contribution in [0, 0.1) is 0 Å². The number of carbonyl (C=O) groups excluding carboxylic acids is 1. The van der Waals surface area contributed by atoms with Gasteiger partial charge in [0.1, 0.15) is 5.75 Å². The molecule has 0 spiro atoms. The third-order valence-corrected chi connectivity index (χ3v) is 6.38. The molecule has 2 N–H and O–H groups in total. The van der Waals surface area contributed by atoms with Gasteiger partial charge in [0.2, 0.25) is 15.9 Å². The second-order valence-corrected chi connectivity index (χ2v) is 8.40. The van der Waals surface area contributed by atoms with Gasteiger partial charge in [0.25, 0.3) is 0 Å². The van der Waals surface area contributed by atoms with Crippen molar-refractivity contribution in [1.82, 2.24) is 4.31 Å². The van der Waals surface area contributed by atoms with Gasteiger partial charge in [-0.1, -0.05) is 12.1 Å². The van der Waals surface area contributed by atoms with Gasteiger partial charge >= 0.3 is 0 Å². The zero-order chi connectivity index (χ0) is 20.0. The first kappa shape index (κ1) is 20.2. The lowest BCUT2D eigenvalue weighted by molar-refractivity contribution is -0.114. The van der Waals surface area contributed by atoms with Gasteiger partial charge in [-0.15, -0.1) is 0 Å². The first-order valence-corrected chi connectivity index (χ1v) is 10.8. The van der Waals surface area contributed by atoms with E-state index in [1.807, 2.05) is 19.1 Å². The molecule has 8 heteroatoms. The number of nitrogens with zero attached hydrogens (tertiary/aromatic N) is 1. The molecular formula is C20H25N3O4S. The quantitative estimate of drug-likeness (QED) is 0.708. The maximum absolute atomic E-state index is 12.5. The van der Waals surface area contributed by atoms with Crippen molar-refractivity contribution in [2.24, 2.45) is 0 Å². The smallest absolute Gasteiger partial charge is 0.243 e. The Morgan fingerprint density at radius 2 is 1.75 bits per heavy atom. The van der Waals surface area contributed by atoms with Gasteiger partial charge in [0, 0.05) is 18.8 Å². The fourth-order valence-electron chi connectivity index (χ4n) is 3.05. The van der Waals surface area contributed by atoms with Crippen LogP contribution in [0.25, 0.3) is 0 Å².